The zero-order valence-corrected chi connectivity index (χ0v) is 9.63. The Bertz CT molecular complexity index is 61.7. The highest BCUT2D eigenvalue weighted by atomic mass is 32.8. The normalized spacial score (nSPS) is 10.8. The SMILES string of the molecule is COS[SiH](SOC)SOC. The first-order valence-corrected chi connectivity index (χ1v) is 9.09. The Balaban J connectivity index is 3.30. The van der Waals surface area contributed by atoms with Crippen LogP contribution >= 0.6 is 34.5 Å². The van der Waals surface area contributed by atoms with Crippen molar-refractivity contribution in [1.29, 1.82) is 0 Å². The fourth-order valence-corrected chi connectivity index (χ4v) is 7.66. The molecule has 0 fully saturated rings. The summed E-state index contributed by atoms with van der Waals surface area (Å²) in [5, 5.41) is 0. The molecule has 7 heteroatoms. The van der Waals surface area contributed by atoms with Crippen molar-refractivity contribution in [1.82, 2.24) is 0 Å². The van der Waals surface area contributed by atoms with Crippen LogP contribution in [-0.4, -0.2) is 27.6 Å². The van der Waals surface area contributed by atoms with Crippen LogP contribution in [0.3, 0.4) is 0 Å². The van der Waals surface area contributed by atoms with Crippen molar-refractivity contribution in [2.45, 2.75) is 0 Å². The third-order valence-corrected chi connectivity index (χ3v) is 8.96. The summed E-state index contributed by atoms with van der Waals surface area (Å²) in [6, 6.07) is 0. The third kappa shape index (κ3) is 5.90. The molecule has 0 aliphatic rings. The molecule has 0 aromatic rings. The first-order chi connectivity index (χ1) is 4.85. The quantitative estimate of drug-likeness (QED) is 0.496. The Labute approximate surface area is 74.7 Å². The lowest BCUT2D eigenvalue weighted by atomic mass is 11.8. The van der Waals surface area contributed by atoms with E-state index in [1.807, 2.05) is 0 Å². The van der Waals surface area contributed by atoms with Gasteiger partial charge in [-0.2, -0.15) is 0 Å². The molecule has 0 bridgehead atoms. The summed E-state index contributed by atoms with van der Waals surface area (Å²) in [6.07, 6.45) is -1.15. The molecule has 0 saturated carbocycles. The van der Waals surface area contributed by atoms with Crippen LogP contribution in [0, 0.1) is 0 Å². The van der Waals surface area contributed by atoms with Gasteiger partial charge in [-0.3, -0.25) is 0 Å². The van der Waals surface area contributed by atoms with Crippen molar-refractivity contribution < 1.29 is 12.5 Å². The van der Waals surface area contributed by atoms with Gasteiger partial charge in [0.05, 0.1) is 0 Å². The van der Waals surface area contributed by atoms with Gasteiger partial charge >= 0.3 is 6.25 Å². The van der Waals surface area contributed by atoms with E-state index in [1.165, 1.54) is 34.5 Å². The van der Waals surface area contributed by atoms with Gasteiger partial charge in [-0.25, -0.2) is 0 Å². The van der Waals surface area contributed by atoms with E-state index in [4.69, 9.17) is 12.5 Å². The van der Waals surface area contributed by atoms with Gasteiger partial charge in [-0.1, -0.05) is 0 Å². The molecule has 0 heterocycles. The minimum Gasteiger partial charge on any atom is -0.323 e. The van der Waals surface area contributed by atoms with Crippen molar-refractivity contribution in [3.05, 3.63) is 0 Å². The van der Waals surface area contributed by atoms with E-state index < -0.39 is 6.25 Å². The van der Waals surface area contributed by atoms with Crippen LogP contribution < -0.4 is 0 Å². The van der Waals surface area contributed by atoms with Gasteiger partial charge in [0.2, 0.25) is 0 Å². The van der Waals surface area contributed by atoms with Crippen LogP contribution in [-0.2, 0) is 12.5 Å². The average Bonchev–Trinajstić information content (AvgIpc) is 1.90. The molecule has 0 spiro atoms. The van der Waals surface area contributed by atoms with Gasteiger partial charge in [0.15, 0.2) is 0 Å². The molecule has 0 aliphatic heterocycles. The van der Waals surface area contributed by atoms with Gasteiger partial charge < -0.3 is 12.5 Å². The fourth-order valence-electron chi connectivity index (χ4n) is 0.284. The summed E-state index contributed by atoms with van der Waals surface area (Å²) in [6.45, 7) is 0. The Morgan fingerprint density at radius 2 is 1.10 bits per heavy atom. The van der Waals surface area contributed by atoms with Crippen LogP contribution in [0.4, 0.5) is 0 Å². The third-order valence-electron chi connectivity index (χ3n) is 0.524. The maximum atomic E-state index is 4.89. The number of hydrogen-bond acceptors (Lipinski definition) is 6. The predicted octanol–water partition coefficient (Wildman–Crippen LogP) is 1.59. The van der Waals surface area contributed by atoms with E-state index in [0.29, 0.717) is 0 Å². The van der Waals surface area contributed by atoms with Gasteiger partial charge in [0.1, 0.15) is 0 Å². The first-order valence-electron chi connectivity index (χ1n) is 2.43. The zero-order chi connectivity index (χ0) is 7.82. The molecule has 62 valence electrons. The smallest absolute Gasteiger partial charge is 0.318 e. The summed E-state index contributed by atoms with van der Waals surface area (Å²) < 4.78 is 14.7. The Morgan fingerprint density at radius 1 is 0.800 bits per heavy atom. The number of hydrogen-bond donors (Lipinski definition) is 0. The lowest BCUT2D eigenvalue weighted by Crippen LogP contribution is -1.98. The highest BCUT2D eigenvalue weighted by Crippen LogP contribution is 2.29. The van der Waals surface area contributed by atoms with E-state index in [0.717, 1.165) is 0 Å². The molecule has 0 aliphatic carbocycles. The van der Waals surface area contributed by atoms with E-state index in [9.17, 15) is 0 Å². The monoisotopic (exact) mass is 218 g/mol. The van der Waals surface area contributed by atoms with Crippen LogP contribution in [0.15, 0.2) is 0 Å². The first kappa shape index (κ1) is 11.1. The maximum Gasteiger partial charge on any atom is 0.318 e. The summed E-state index contributed by atoms with van der Waals surface area (Å²) in [7, 11) is 4.95. The van der Waals surface area contributed by atoms with Gasteiger partial charge in [0.25, 0.3) is 0 Å². The van der Waals surface area contributed by atoms with E-state index in [2.05, 4.69) is 0 Å². The molecule has 0 unspecified atom stereocenters. The molecule has 0 amide bonds. The molecule has 0 rings (SSSR count). The van der Waals surface area contributed by atoms with Crippen molar-refractivity contribution >= 4 is 40.7 Å². The molecule has 0 atom stereocenters. The lowest BCUT2D eigenvalue weighted by molar-refractivity contribution is 0.490. The Morgan fingerprint density at radius 3 is 1.30 bits per heavy atom. The molecule has 10 heavy (non-hydrogen) atoms. The van der Waals surface area contributed by atoms with Gasteiger partial charge in [-0.05, 0) is 34.5 Å². The molecule has 0 aromatic heterocycles. The van der Waals surface area contributed by atoms with Crippen molar-refractivity contribution in [2.24, 2.45) is 0 Å². The van der Waals surface area contributed by atoms with Crippen LogP contribution in [0.25, 0.3) is 0 Å². The van der Waals surface area contributed by atoms with Crippen molar-refractivity contribution in [3.8, 4) is 0 Å². The molecular formula is C3H10O3S3Si. The average molecular weight is 218 g/mol. The molecular weight excluding hydrogens is 208 g/mol. The fraction of sp³-hybridized carbons (Fsp3) is 1.00. The standard InChI is InChI=1S/C3H10O3S3Si/c1-4-7-10(8-5-2)9-6-3/h10H,1-3H3. The van der Waals surface area contributed by atoms with Gasteiger partial charge in [-0.15, -0.1) is 0 Å². The van der Waals surface area contributed by atoms with Gasteiger partial charge in [0, 0.05) is 21.3 Å². The van der Waals surface area contributed by atoms with E-state index in [1.54, 1.807) is 21.3 Å². The van der Waals surface area contributed by atoms with Crippen LogP contribution in [0.5, 0.6) is 0 Å². The predicted molar refractivity (Wildman–Crippen MR) is 50.9 cm³/mol. The highest BCUT2D eigenvalue weighted by molar-refractivity contribution is 8.73. The van der Waals surface area contributed by atoms with Crippen LogP contribution in [0.2, 0.25) is 0 Å². The minimum absolute atomic E-state index is 1.15. The number of rotatable bonds is 6. The lowest BCUT2D eigenvalue weighted by Gasteiger charge is -2.06. The summed E-state index contributed by atoms with van der Waals surface area (Å²) >= 11 is 4.32. The second-order valence-electron chi connectivity index (χ2n) is 1.08. The maximum absolute atomic E-state index is 4.89. The topological polar surface area (TPSA) is 27.7 Å². The Hall–Kier alpha value is 1.15. The molecule has 0 saturated heterocycles. The largest absolute Gasteiger partial charge is 0.323 e. The zero-order valence-electron chi connectivity index (χ0n) is 6.03. The molecule has 0 N–H and O–H groups in total. The van der Waals surface area contributed by atoms with Crippen molar-refractivity contribution in [2.75, 3.05) is 21.3 Å². The van der Waals surface area contributed by atoms with E-state index >= 15 is 0 Å². The second kappa shape index (κ2) is 8.25. The summed E-state index contributed by atoms with van der Waals surface area (Å²) in [5.41, 5.74) is 0. The highest BCUT2D eigenvalue weighted by Gasteiger charge is 2.14. The van der Waals surface area contributed by atoms with E-state index in [-0.39, 0.29) is 0 Å². The second-order valence-corrected chi connectivity index (χ2v) is 11.9. The molecule has 0 aromatic carbocycles. The van der Waals surface area contributed by atoms with Crippen LogP contribution in [0.1, 0.15) is 0 Å². The minimum atomic E-state index is -1.15. The van der Waals surface area contributed by atoms with Crippen molar-refractivity contribution in [3.63, 3.8) is 0 Å². The molecule has 3 nitrogen and oxygen atoms in total. The summed E-state index contributed by atoms with van der Waals surface area (Å²) in [5.74, 6) is 0. The summed E-state index contributed by atoms with van der Waals surface area (Å²) in [4.78, 5) is 0. The Kier molecular flexibility index (Phi) is 9.19. The molecule has 0 radical (unpaired) electrons.